The molecule has 0 heterocycles. The SMILES string of the molecule is CCN(CC)C[C@@H]1CCc2c1ccc(O)c2O. The van der Waals surface area contributed by atoms with Crippen LogP contribution in [0.2, 0.25) is 0 Å². The van der Waals surface area contributed by atoms with E-state index in [1.54, 1.807) is 6.07 Å². The highest BCUT2D eigenvalue weighted by Gasteiger charge is 2.27. The first-order valence-electron chi connectivity index (χ1n) is 6.43. The van der Waals surface area contributed by atoms with Crippen molar-refractivity contribution in [2.45, 2.75) is 32.6 Å². The van der Waals surface area contributed by atoms with Gasteiger partial charge in [0, 0.05) is 12.1 Å². The molecule has 2 N–H and O–H groups in total. The van der Waals surface area contributed by atoms with Gasteiger partial charge in [-0.2, -0.15) is 0 Å². The van der Waals surface area contributed by atoms with Crippen LogP contribution >= 0.6 is 0 Å². The average Bonchev–Trinajstić information content (AvgIpc) is 2.74. The fourth-order valence-electron chi connectivity index (χ4n) is 2.74. The zero-order valence-electron chi connectivity index (χ0n) is 10.6. The Morgan fingerprint density at radius 2 is 1.94 bits per heavy atom. The van der Waals surface area contributed by atoms with Gasteiger partial charge in [0.25, 0.3) is 0 Å². The molecule has 1 aliphatic carbocycles. The van der Waals surface area contributed by atoms with Gasteiger partial charge in [-0.1, -0.05) is 19.9 Å². The molecule has 1 aromatic rings. The quantitative estimate of drug-likeness (QED) is 0.788. The second kappa shape index (κ2) is 4.96. The molecule has 0 unspecified atom stereocenters. The minimum absolute atomic E-state index is 0.00670. The van der Waals surface area contributed by atoms with Gasteiger partial charge < -0.3 is 15.1 Å². The second-order valence-corrected chi connectivity index (χ2v) is 4.72. The maximum atomic E-state index is 9.82. The summed E-state index contributed by atoms with van der Waals surface area (Å²) in [5.74, 6) is 0.591. The Bertz CT molecular complexity index is 399. The third kappa shape index (κ3) is 2.25. The average molecular weight is 235 g/mol. The third-order valence-electron chi connectivity index (χ3n) is 3.85. The largest absolute Gasteiger partial charge is 0.504 e. The van der Waals surface area contributed by atoms with E-state index >= 15 is 0 Å². The summed E-state index contributed by atoms with van der Waals surface area (Å²) in [5, 5.41) is 19.3. The summed E-state index contributed by atoms with van der Waals surface area (Å²) < 4.78 is 0. The van der Waals surface area contributed by atoms with Crippen LogP contribution in [0.4, 0.5) is 0 Å². The third-order valence-corrected chi connectivity index (χ3v) is 3.85. The van der Waals surface area contributed by atoms with Crippen LogP contribution in [0.5, 0.6) is 11.5 Å². The van der Waals surface area contributed by atoms with Gasteiger partial charge in [-0.3, -0.25) is 0 Å². The van der Waals surface area contributed by atoms with Gasteiger partial charge in [-0.05, 0) is 43.5 Å². The molecule has 3 nitrogen and oxygen atoms in total. The summed E-state index contributed by atoms with van der Waals surface area (Å²) in [4.78, 5) is 2.41. The maximum absolute atomic E-state index is 9.82. The van der Waals surface area contributed by atoms with E-state index in [2.05, 4.69) is 18.7 Å². The monoisotopic (exact) mass is 235 g/mol. The first-order valence-corrected chi connectivity index (χ1v) is 6.43. The molecule has 1 atom stereocenters. The Hall–Kier alpha value is -1.22. The molecule has 94 valence electrons. The molecule has 1 aliphatic rings. The van der Waals surface area contributed by atoms with E-state index in [4.69, 9.17) is 0 Å². The van der Waals surface area contributed by atoms with Crippen molar-refractivity contribution in [2.75, 3.05) is 19.6 Å². The molecule has 0 spiro atoms. The Labute approximate surface area is 103 Å². The van der Waals surface area contributed by atoms with Crippen molar-refractivity contribution in [3.05, 3.63) is 23.3 Å². The summed E-state index contributed by atoms with van der Waals surface area (Å²) in [6.07, 6.45) is 1.95. The summed E-state index contributed by atoms with van der Waals surface area (Å²) in [7, 11) is 0. The van der Waals surface area contributed by atoms with Crippen molar-refractivity contribution in [1.82, 2.24) is 4.90 Å². The lowest BCUT2D eigenvalue weighted by Gasteiger charge is -2.23. The van der Waals surface area contributed by atoms with E-state index in [-0.39, 0.29) is 11.5 Å². The summed E-state index contributed by atoms with van der Waals surface area (Å²) >= 11 is 0. The van der Waals surface area contributed by atoms with Crippen LogP contribution in [0.15, 0.2) is 12.1 Å². The van der Waals surface area contributed by atoms with Gasteiger partial charge in [-0.15, -0.1) is 0 Å². The standard InChI is InChI=1S/C14H21NO2/c1-3-15(4-2)9-10-5-6-12-11(10)7-8-13(16)14(12)17/h7-8,10,16-17H,3-6,9H2,1-2H3/t10-/m0/s1. The molecular formula is C14H21NO2. The van der Waals surface area contributed by atoms with Crippen molar-refractivity contribution in [1.29, 1.82) is 0 Å². The minimum Gasteiger partial charge on any atom is -0.504 e. The highest BCUT2D eigenvalue weighted by molar-refractivity contribution is 5.52. The molecule has 1 aromatic carbocycles. The molecule has 3 heteroatoms. The predicted octanol–water partition coefficient (Wildman–Crippen LogP) is 2.47. The van der Waals surface area contributed by atoms with Gasteiger partial charge in [0.2, 0.25) is 0 Å². The zero-order valence-corrected chi connectivity index (χ0v) is 10.6. The number of phenolic OH excluding ortho intramolecular Hbond substituents is 2. The van der Waals surface area contributed by atoms with Crippen molar-refractivity contribution in [3.63, 3.8) is 0 Å². The first-order chi connectivity index (χ1) is 8.17. The molecule has 17 heavy (non-hydrogen) atoms. The number of fused-ring (bicyclic) bond motifs is 1. The Morgan fingerprint density at radius 3 is 2.59 bits per heavy atom. The van der Waals surface area contributed by atoms with Gasteiger partial charge in [-0.25, -0.2) is 0 Å². The fourth-order valence-corrected chi connectivity index (χ4v) is 2.74. The Kier molecular flexibility index (Phi) is 3.57. The molecule has 0 amide bonds. The zero-order chi connectivity index (χ0) is 12.4. The number of rotatable bonds is 4. The number of hydrogen-bond donors (Lipinski definition) is 2. The number of likely N-dealkylation sites (N-methyl/N-ethyl adjacent to an activating group) is 1. The van der Waals surface area contributed by atoms with E-state index in [0.717, 1.165) is 38.0 Å². The van der Waals surface area contributed by atoms with E-state index < -0.39 is 0 Å². The van der Waals surface area contributed by atoms with E-state index in [1.807, 2.05) is 6.07 Å². The van der Waals surface area contributed by atoms with E-state index in [0.29, 0.717) is 5.92 Å². The van der Waals surface area contributed by atoms with Crippen molar-refractivity contribution in [2.24, 2.45) is 0 Å². The van der Waals surface area contributed by atoms with E-state index in [9.17, 15) is 10.2 Å². The van der Waals surface area contributed by atoms with Crippen LogP contribution in [-0.4, -0.2) is 34.7 Å². The highest BCUT2D eigenvalue weighted by atomic mass is 16.3. The van der Waals surface area contributed by atoms with Crippen LogP contribution in [0.1, 0.15) is 37.3 Å². The normalized spacial score (nSPS) is 18.6. The summed E-state index contributed by atoms with van der Waals surface area (Å²) in [6, 6.07) is 3.57. The smallest absolute Gasteiger partial charge is 0.160 e. The minimum atomic E-state index is 0.00670. The van der Waals surface area contributed by atoms with Crippen LogP contribution < -0.4 is 0 Å². The van der Waals surface area contributed by atoms with Crippen molar-refractivity contribution < 1.29 is 10.2 Å². The predicted molar refractivity (Wildman–Crippen MR) is 68.6 cm³/mol. The van der Waals surface area contributed by atoms with Crippen LogP contribution in [-0.2, 0) is 6.42 Å². The number of nitrogens with zero attached hydrogens (tertiary/aromatic N) is 1. The maximum Gasteiger partial charge on any atom is 0.160 e. The fraction of sp³-hybridized carbons (Fsp3) is 0.571. The molecule has 0 aromatic heterocycles. The van der Waals surface area contributed by atoms with Crippen molar-refractivity contribution >= 4 is 0 Å². The molecule has 0 radical (unpaired) electrons. The molecule has 0 saturated carbocycles. The van der Waals surface area contributed by atoms with Gasteiger partial charge >= 0.3 is 0 Å². The topological polar surface area (TPSA) is 43.7 Å². The highest BCUT2D eigenvalue weighted by Crippen LogP contribution is 2.42. The first kappa shape index (κ1) is 12.2. The molecule has 0 bridgehead atoms. The number of phenols is 2. The number of aromatic hydroxyl groups is 2. The lowest BCUT2D eigenvalue weighted by atomic mass is 10.00. The molecule has 0 fully saturated rings. The van der Waals surface area contributed by atoms with Crippen LogP contribution in [0.3, 0.4) is 0 Å². The number of hydrogen-bond acceptors (Lipinski definition) is 3. The Morgan fingerprint density at radius 1 is 1.24 bits per heavy atom. The molecule has 0 saturated heterocycles. The van der Waals surface area contributed by atoms with E-state index in [1.165, 1.54) is 5.56 Å². The number of benzene rings is 1. The molecule has 2 rings (SSSR count). The van der Waals surface area contributed by atoms with Crippen molar-refractivity contribution in [3.8, 4) is 11.5 Å². The lowest BCUT2D eigenvalue weighted by Crippen LogP contribution is -2.27. The second-order valence-electron chi connectivity index (χ2n) is 4.72. The summed E-state index contributed by atoms with van der Waals surface area (Å²) in [5.41, 5.74) is 2.16. The van der Waals surface area contributed by atoms with Crippen LogP contribution in [0, 0.1) is 0 Å². The van der Waals surface area contributed by atoms with Gasteiger partial charge in [0.1, 0.15) is 0 Å². The summed E-state index contributed by atoms with van der Waals surface area (Å²) in [6.45, 7) is 7.52. The lowest BCUT2D eigenvalue weighted by molar-refractivity contribution is 0.282. The van der Waals surface area contributed by atoms with Gasteiger partial charge in [0.05, 0.1) is 0 Å². The Balaban J connectivity index is 2.20. The molecule has 0 aliphatic heterocycles. The van der Waals surface area contributed by atoms with Gasteiger partial charge in [0.15, 0.2) is 11.5 Å². The molecular weight excluding hydrogens is 214 g/mol. The van der Waals surface area contributed by atoms with Crippen LogP contribution in [0.25, 0.3) is 0 Å².